The van der Waals surface area contributed by atoms with Crippen molar-refractivity contribution in [2.75, 3.05) is 13.3 Å². The molecule has 1 aromatic rings. The Balaban J connectivity index is 1.92. The summed E-state index contributed by atoms with van der Waals surface area (Å²) in [5.41, 5.74) is 0. The van der Waals surface area contributed by atoms with E-state index in [9.17, 15) is 0 Å². The van der Waals surface area contributed by atoms with E-state index in [2.05, 4.69) is 10.3 Å². The number of hydrogen-bond acceptors (Lipinski definition) is 5. The highest BCUT2D eigenvalue weighted by Gasteiger charge is 2.06. The number of ether oxygens (including phenoxy) is 2. The van der Waals surface area contributed by atoms with Crippen LogP contribution in [0, 0.1) is 0 Å². The molecule has 1 aliphatic heterocycles. The van der Waals surface area contributed by atoms with Crippen LogP contribution in [-0.4, -0.2) is 18.3 Å². The van der Waals surface area contributed by atoms with Gasteiger partial charge in [0.05, 0.1) is 6.54 Å². The first-order chi connectivity index (χ1) is 5.95. The summed E-state index contributed by atoms with van der Waals surface area (Å²) in [5, 5.41) is 5.51. The average Bonchev–Trinajstić information content (AvgIpc) is 2.74. The Morgan fingerprint density at radius 2 is 2.75 bits per heavy atom. The molecule has 0 atom stereocenters. The number of nitrogens with one attached hydrogen (secondary N) is 1. The normalized spacial score (nSPS) is 19.5. The fraction of sp³-hybridized carbons (Fsp3) is 0.286. The number of rotatable bonds is 2. The van der Waals surface area contributed by atoms with Crippen LogP contribution >= 0.6 is 11.3 Å². The Kier molecular flexibility index (Phi) is 2.24. The molecule has 2 heterocycles. The van der Waals surface area contributed by atoms with E-state index in [0.717, 1.165) is 12.3 Å². The Morgan fingerprint density at radius 3 is 3.42 bits per heavy atom. The second kappa shape index (κ2) is 3.55. The molecule has 1 saturated heterocycles. The van der Waals surface area contributed by atoms with Gasteiger partial charge in [-0.15, -0.1) is 0 Å². The lowest BCUT2D eigenvalue weighted by molar-refractivity contribution is 0.243. The third-order valence-corrected chi connectivity index (χ3v) is 2.02. The largest absolute Gasteiger partial charge is 0.478 e. The van der Waals surface area contributed by atoms with E-state index in [-0.39, 0.29) is 0 Å². The first-order valence-corrected chi connectivity index (χ1v) is 4.42. The Hall–Kier alpha value is -1.07. The van der Waals surface area contributed by atoms with Gasteiger partial charge >= 0.3 is 0 Å². The zero-order valence-electron chi connectivity index (χ0n) is 6.32. The molecule has 1 aliphatic rings. The fourth-order valence-electron chi connectivity index (χ4n) is 0.829. The molecule has 0 unspecified atom stereocenters. The van der Waals surface area contributed by atoms with Gasteiger partial charge in [-0.05, 0) is 0 Å². The molecular weight excluding hydrogens is 176 g/mol. The van der Waals surface area contributed by atoms with Crippen LogP contribution in [0.25, 0.3) is 0 Å². The van der Waals surface area contributed by atoms with Crippen molar-refractivity contribution in [2.24, 2.45) is 0 Å². The lowest BCUT2D eigenvalue weighted by Gasteiger charge is -1.95. The molecule has 1 fully saturated rings. The molecule has 64 valence electrons. The molecule has 0 radical (unpaired) electrons. The van der Waals surface area contributed by atoms with Crippen molar-refractivity contribution in [3.05, 3.63) is 23.6 Å². The van der Waals surface area contributed by atoms with Crippen molar-refractivity contribution >= 4 is 11.3 Å². The number of aromatic nitrogens is 1. The second-order valence-electron chi connectivity index (χ2n) is 2.22. The average molecular weight is 184 g/mol. The fourth-order valence-corrected chi connectivity index (χ4v) is 1.29. The van der Waals surface area contributed by atoms with Gasteiger partial charge in [0.15, 0.2) is 0 Å². The highest BCUT2D eigenvalue weighted by Crippen LogP contribution is 2.14. The summed E-state index contributed by atoms with van der Waals surface area (Å²) in [5.74, 6) is 0.810. The molecule has 0 aromatic carbocycles. The third kappa shape index (κ3) is 1.75. The summed E-state index contributed by atoms with van der Waals surface area (Å²) < 4.78 is 10.4. The van der Waals surface area contributed by atoms with E-state index in [4.69, 9.17) is 9.47 Å². The van der Waals surface area contributed by atoms with E-state index in [1.807, 2.05) is 5.38 Å². The Labute approximate surface area is 73.8 Å². The van der Waals surface area contributed by atoms with Crippen molar-refractivity contribution in [3.8, 4) is 5.19 Å². The van der Waals surface area contributed by atoms with E-state index in [0.29, 0.717) is 11.9 Å². The first kappa shape index (κ1) is 7.57. The Morgan fingerprint density at radius 1 is 1.75 bits per heavy atom. The maximum absolute atomic E-state index is 5.21. The molecule has 1 N–H and O–H groups in total. The molecule has 1 aromatic heterocycles. The lowest BCUT2D eigenvalue weighted by Crippen LogP contribution is -2.05. The summed E-state index contributed by atoms with van der Waals surface area (Å²) in [7, 11) is 0. The minimum Gasteiger partial charge on any atom is -0.478 e. The maximum Gasteiger partial charge on any atom is 0.278 e. The van der Waals surface area contributed by atoms with Gasteiger partial charge < -0.3 is 9.47 Å². The molecular formula is C7H8N2O2S. The van der Waals surface area contributed by atoms with Gasteiger partial charge in [-0.25, -0.2) is 4.98 Å². The van der Waals surface area contributed by atoms with Crippen LogP contribution in [0.4, 0.5) is 0 Å². The van der Waals surface area contributed by atoms with Gasteiger partial charge in [0.2, 0.25) is 0 Å². The SMILES string of the molecule is C(Oc1nccs1)=C1CNCO1. The van der Waals surface area contributed by atoms with Crippen LogP contribution in [-0.2, 0) is 4.74 Å². The molecule has 12 heavy (non-hydrogen) atoms. The quantitative estimate of drug-likeness (QED) is 0.695. The van der Waals surface area contributed by atoms with Gasteiger partial charge in [-0.2, -0.15) is 0 Å². The van der Waals surface area contributed by atoms with Crippen LogP contribution < -0.4 is 10.1 Å². The van der Waals surface area contributed by atoms with Gasteiger partial charge in [0, 0.05) is 11.6 Å². The van der Waals surface area contributed by atoms with E-state index >= 15 is 0 Å². The summed E-state index contributed by atoms with van der Waals surface area (Å²) in [4.78, 5) is 3.95. The molecule has 0 amide bonds. The van der Waals surface area contributed by atoms with E-state index in [1.165, 1.54) is 11.3 Å². The monoisotopic (exact) mass is 184 g/mol. The van der Waals surface area contributed by atoms with Gasteiger partial charge in [-0.3, -0.25) is 5.32 Å². The van der Waals surface area contributed by atoms with Crippen molar-refractivity contribution in [1.29, 1.82) is 0 Å². The molecule has 0 saturated carbocycles. The van der Waals surface area contributed by atoms with Gasteiger partial charge in [0.1, 0.15) is 18.8 Å². The minimum atomic E-state index is 0.563. The van der Waals surface area contributed by atoms with Crippen LogP contribution in [0.3, 0.4) is 0 Å². The first-order valence-electron chi connectivity index (χ1n) is 3.54. The summed E-state index contributed by atoms with van der Waals surface area (Å²) in [6.45, 7) is 1.29. The smallest absolute Gasteiger partial charge is 0.278 e. The van der Waals surface area contributed by atoms with Gasteiger partial charge in [0.25, 0.3) is 5.19 Å². The predicted octanol–water partition coefficient (Wildman–Crippen LogP) is 0.941. The molecule has 0 bridgehead atoms. The van der Waals surface area contributed by atoms with Crippen molar-refractivity contribution in [3.63, 3.8) is 0 Å². The summed E-state index contributed by atoms with van der Waals surface area (Å²) in [6.07, 6.45) is 3.28. The second-order valence-corrected chi connectivity index (χ2v) is 3.07. The van der Waals surface area contributed by atoms with Crippen molar-refractivity contribution in [2.45, 2.75) is 0 Å². The summed E-state index contributed by atoms with van der Waals surface area (Å²) >= 11 is 1.45. The standard InChI is InChI=1S/C7H8N2O2S/c1-2-12-7(9-1)10-4-6-3-8-5-11-6/h1-2,4,8H,3,5H2. The summed E-state index contributed by atoms with van der Waals surface area (Å²) in [6, 6.07) is 0. The highest BCUT2D eigenvalue weighted by molar-refractivity contribution is 7.11. The Bertz CT molecular complexity index is 263. The lowest BCUT2D eigenvalue weighted by atomic mass is 10.6. The van der Waals surface area contributed by atoms with E-state index in [1.54, 1.807) is 12.5 Å². The highest BCUT2D eigenvalue weighted by atomic mass is 32.1. The molecule has 0 spiro atoms. The topological polar surface area (TPSA) is 43.4 Å². The van der Waals surface area contributed by atoms with E-state index < -0.39 is 0 Å². The van der Waals surface area contributed by atoms with Crippen molar-refractivity contribution in [1.82, 2.24) is 10.3 Å². The number of hydrogen-bond donors (Lipinski definition) is 1. The molecule has 0 aliphatic carbocycles. The van der Waals surface area contributed by atoms with Gasteiger partial charge in [-0.1, -0.05) is 11.3 Å². The van der Waals surface area contributed by atoms with Crippen LogP contribution in [0.5, 0.6) is 5.19 Å². The zero-order valence-corrected chi connectivity index (χ0v) is 7.13. The van der Waals surface area contributed by atoms with Crippen LogP contribution in [0.2, 0.25) is 0 Å². The number of nitrogens with zero attached hydrogens (tertiary/aromatic N) is 1. The maximum atomic E-state index is 5.21. The third-order valence-electron chi connectivity index (χ3n) is 1.36. The molecule has 4 nitrogen and oxygen atoms in total. The van der Waals surface area contributed by atoms with Crippen LogP contribution in [0.1, 0.15) is 0 Å². The molecule has 5 heteroatoms. The zero-order chi connectivity index (χ0) is 8.23. The number of thiazole rings is 1. The molecule has 2 rings (SSSR count). The van der Waals surface area contributed by atoms with Crippen molar-refractivity contribution < 1.29 is 9.47 Å². The minimum absolute atomic E-state index is 0.563. The van der Waals surface area contributed by atoms with Crippen LogP contribution in [0.15, 0.2) is 23.6 Å². The predicted molar refractivity (Wildman–Crippen MR) is 44.8 cm³/mol.